The van der Waals surface area contributed by atoms with Gasteiger partial charge in [-0.05, 0) is 37.5 Å². The molecule has 16 heavy (non-hydrogen) atoms. The molecular formula is C13H22N2O. The predicted molar refractivity (Wildman–Crippen MR) is 62.7 cm³/mol. The molecule has 3 aliphatic rings. The molecule has 0 aromatic heterocycles. The van der Waals surface area contributed by atoms with Crippen molar-refractivity contribution in [3.63, 3.8) is 0 Å². The second kappa shape index (κ2) is 3.46. The van der Waals surface area contributed by atoms with Crippen molar-refractivity contribution >= 4 is 5.91 Å². The molecule has 2 unspecified atom stereocenters. The standard InChI is InChI=1S/C13H22N2O/c1-9-3-2-4-11(9)12(16)15-7-13(14,8-15)10-5-6-10/h9-11H,2-8,14H2,1H3. The van der Waals surface area contributed by atoms with Gasteiger partial charge in [0.2, 0.25) is 5.91 Å². The van der Waals surface area contributed by atoms with Crippen LogP contribution in [-0.2, 0) is 4.79 Å². The van der Waals surface area contributed by atoms with Crippen molar-refractivity contribution in [3.05, 3.63) is 0 Å². The molecule has 2 atom stereocenters. The third-order valence-corrected chi connectivity index (χ3v) is 4.85. The van der Waals surface area contributed by atoms with Gasteiger partial charge >= 0.3 is 0 Å². The average Bonchev–Trinajstić information content (AvgIpc) is 2.97. The normalized spacial score (nSPS) is 37.2. The molecule has 3 heteroatoms. The van der Waals surface area contributed by atoms with E-state index in [0.29, 0.717) is 23.7 Å². The summed E-state index contributed by atoms with van der Waals surface area (Å²) in [6, 6.07) is 0. The molecule has 0 radical (unpaired) electrons. The molecule has 1 amide bonds. The van der Waals surface area contributed by atoms with Crippen molar-refractivity contribution < 1.29 is 4.79 Å². The van der Waals surface area contributed by atoms with Crippen LogP contribution in [0.1, 0.15) is 39.0 Å². The van der Waals surface area contributed by atoms with Gasteiger partial charge in [0.25, 0.3) is 0 Å². The summed E-state index contributed by atoms with van der Waals surface area (Å²) in [7, 11) is 0. The summed E-state index contributed by atoms with van der Waals surface area (Å²) in [6.45, 7) is 3.85. The molecule has 0 spiro atoms. The van der Waals surface area contributed by atoms with Crippen LogP contribution in [0, 0.1) is 17.8 Å². The van der Waals surface area contributed by atoms with Gasteiger partial charge in [-0.1, -0.05) is 13.3 Å². The summed E-state index contributed by atoms with van der Waals surface area (Å²) < 4.78 is 0. The predicted octanol–water partition coefficient (Wildman–Crippen LogP) is 1.37. The third kappa shape index (κ3) is 1.56. The topological polar surface area (TPSA) is 46.3 Å². The van der Waals surface area contributed by atoms with E-state index in [0.717, 1.165) is 19.5 Å². The number of hydrogen-bond acceptors (Lipinski definition) is 2. The molecule has 90 valence electrons. The van der Waals surface area contributed by atoms with E-state index in [1.807, 2.05) is 4.90 Å². The van der Waals surface area contributed by atoms with Crippen molar-refractivity contribution in [1.29, 1.82) is 0 Å². The number of carbonyl (C=O) groups is 1. The van der Waals surface area contributed by atoms with Gasteiger partial charge in [-0.3, -0.25) is 4.79 Å². The van der Waals surface area contributed by atoms with Crippen LogP contribution in [0.15, 0.2) is 0 Å². The molecule has 2 N–H and O–H groups in total. The van der Waals surface area contributed by atoms with E-state index in [4.69, 9.17) is 5.73 Å². The molecule has 2 saturated carbocycles. The van der Waals surface area contributed by atoms with Crippen molar-refractivity contribution in [2.45, 2.75) is 44.6 Å². The van der Waals surface area contributed by atoms with E-state index in [-0.39, 0.29) is 5.54 Å². The van der Waals surface area contributed by atoms with E-state index < -0.39 is 0 Å². The number of nitrogens with zero attached hydrogens (tertiary/aromatic N) is 1. The van der Waals surface area contributed by atoms with Gasteiger partial charge in [0, 0.05) is 19.0 Å². The SMILES string of the molecule is CC1CCCC1C(=O)N1CC(N)(C2CC2)C1. The second-order valence-corrected chi connectivity index (χ2v) is 6.22. The van der Waals surface area contributed by atoms with Gasteiger partial charge in [0.1, 0.15) is 0 Å². The number of hydrogen-bond donors (Lipinski definition) is 1. The maximum Gasteiger partial charge on any atom is 0.226 e. The third-order valence-electron chi connectivity index (χ3n) is 4.85. The Hall–Kier alpha value is -0.570. The van der Waals surface area contributed by atoms with Crippen molar-refractivity contribution in [2.24, 2.45) is 23.5 Å². The van der Waals surface area contributed by atoms with Crippen molar-refractivity contribution in [2.75, 3.05) is 13.1 Å². The maximum absolute atomic E-state index is 12.2. The highest BCUT2D eigenvalue weighted by Crippen LogP contribution is 2.44. The Morgan fingerprint density at radius 3 is 2.44 bits per heavy atom. The average molecular weight is 222 g/mol. The molecule has 3 fully saturated rings. The first-order valence-electron chi connectivity index (χ1n) is 6.68. The fourth-order valence-corrected chi connectivity index (χ4v) is 3.48. The molecule has 1 aliphatic heterocycles. The molecular weight excluding hydrogens is 200 g/mol. The minimum absolute atomic E-state index is 0.0164. The van der Waals surface area contributed by atoms with Gasteiger partial charge < -0.3 is 10.6 Å². The molecule has 0 aromatic carbocycles. The first-order valence-corrected chi connectivity index (χ1v) is 6.68. The Morgan fingerprint density at radius 2 is 1.94 bits per heavy atom. The smallest absolute Gasteiger partial charge is 0.226 e. The first kappa shape index (κ1) is 10.6. The Labute approximate surface area is 97.4 Å². The number of carbonyl (C=O) groups excluding carboxylic acids is 1. The van der Waals surface area contributed by atoms with Gasteiger partial charge in [-0.2, -0.15) is 0 Å². The zero-order valence-electron chi connectivity index (χ0n) is 10.1. The molecule has 1 heterocycles. The van der Waals surface area contributed by atoms with Gasteiger partial charge in [-0.25, -0.2) is 0 Å². The number of nitrogens with two attached hydrogens (primary N) is 1. The molecule has 2 aliphatic carbocycles. The Bertz CT molecular complexity index is 305. The lowest BCUT2D eigenvalue weighted by molar-refractivity contribution is -0.144. The summed E-state index contributed by atoms with van der Waals surface area (Å²) in [6.07, 6.45) is 6.09. The van der Waals surface area contributed by atoms with E-state index in [1.165, 1.54) is 25.7 Å². The van der Waals surface area contributed by atoms with Crippen LogP contribution in [-0.4, -0.2) is 29.4 Å². The lowest BCUT2D eigenvalue weighted by Gasteiger charge is -2.49. The van der Waals surface area contributed by atoms with Crippen LogP contribution in [0.3, 0.4) is 0 Å². The largest absolute Gasteiger partial charge is 0.339 e. The minimum Gasteiger partial charge on any atom is -0.339 e. The lowest BCUT2D eigenvalue weighted by Crippen LogP contribution is -2.70. The lowest BCUT2D eigenvalue weighted by atomic mass is 9.83. The van der Waals surface area contributed by atoms with Gasteiger partial charge in [0.05, 0.1) is 5.54 Å². The molecule has 0 bridgehead atoms. The Kier molecular flexibility index (Phi) is 2.29. The maximum atomic E-state index is 12.2. The first-order chi connectivity index (χ1) is 7.60. The molecule has 3 nitrogen and oxygen atoms in total. The van der Waals surface area contributed by atoms with Crippen LogP contribution >= 0.6 is 0 Å². The summed E-state index contributed by atoms with van der Waals surface area (Å²) in [5.41, 5.74) is 6.26. The minimum atomic E-state index is -0.0164. The summed E-state index contributed by atoms with van der Waals surface area (Å²) >= 11 is 0. The number of rotatable bonds is 2. The quantitative estimate of drug-likeness (QED) is 0.767. The van der Waals surface area contributed by atoms with Crippen LogP contribution in [0.2, 0.25) is 0 Å². The van der Waals surface area contributed by atoms with E-state index in [9.17, 15) is 4.79 Å². The Balaban J connectivity index is 1.57. The van der Waals surface area contributed by atoms with E-state index in [2.05, 4.69) is 6.92 Å². The van der Waals surface area contributed by atoms with Crippen molar-refractivity contribution in [1.82, 2.24) is 4.90 Å². The summed E-state index contributed by atoms with van der Waals surface area (Å²) in [4.78, 5) is 14.2. The van der Waals surface area contributed by atoms with E-state index >= 15 is 0 Å². The van der Waals surface area contributed by atoms with Crippen LogP contribution < -0.4 is 5.73 Å². The monoisotopic (exact) mass is 222 g/mol. The summed E-state index contributed by atoms with van der Waals surface area (Å²) in [5.74, 6) is 1.97. The number of amides is 1. The highest BCUT2D eigenvalue weighted by Gasteiger charge is 2.52. The van der Waals surface area contributed by atoms with Crippen LogP contribution in [0.4, 0.5) is 0 Å². The van der Waals surface area contributed by atoms with Crippen LogP contribution in [0.25, 0.3) is 0 Å². The zero-order chi connectivity index (χ0) is 11.3. The van der Waals surface area contributed by atoms with Gasteiger partial charge in [-0.15, -0.1) is 0 Å². The highest BCUT2D eigenvalue weighted by atomic mass is 16.2. The van der Waals surface area contributed by atoms with E-state index in [1.54, 1.807) is 0 Å². The fraction of sp³-hybridized carbons (Fsp3) is 0.923. The highest BCUT2D eigenvalue weighted by molar-refractivity contribution is 5.80. The van der Waals surface area contributed by atoms with Crippen LogP contribution in [0.5, 0.6) is 0 Å². The van der Waals surface area contributed by atoms with Gasteiger partial charge in [0.15, 0.2) is 0 Å². The molecule has 0 aromatic rings. The second-order valence-electron chi connectivity index (χ2n) is 6.22. The fourth-order valence-electron chi connectivity index (χ4n) is 3.48. The van der Waals surface area contributed by atoms with Crippen molar-refractivity contribution in [3.8, 4) is 0 Å². The zero-order valence-corrected chi connectivity index (χ0v) is 10.1. The number of likely N-dealkylation sites (tertiary alicyclic amines) is 1. The molecule has 3 rings (SSSR count). The summed E-state index contributed by atoms with van der Waals surface area (Å²) in [5, 5.41) is 0. The Morgan fingerprint density at radius 1 is 1.25 bits per heavy atom. The molecule has 1 saturated heterocycles.